The maximum atomic E-state index is 13.8. The van der Waals surface area contributed by atoms with Gasteiger partial charge in [-0.2, -0.15) is 31.4 Å². The highest BCUT2D eigenvalue weighted by molar-refractivity contribution is 6.31. The fraction of sp³-hybridized carbons (Fsp3) is 0.276. The number of hydrogen-bond acceptors (Lipinski definition) is 5. The van der Waals surface area contributed by atoms with Crippen molar-refractivity contribution in [2.45, 2.75) is 19.3 Å². The van der Waals surface area contributed by atoms with Gasteiger partial charge in [-0.1, -0.05) is 29.8 Å². The first-order chi connectivity index (χ1) is 20.2. The van der Waals surface area contributed by atoms with Crippen LogP contribution in [-0.4, -0.2) is 63.2 Å². The summed E-state index contributed by atoms with van der Waals surface area (Å²) >= 11 is 6.28. The lowest BCUT2D eigenvalue weighted by Crippen LogP contribution is -2.52. The molecule has 14 heteroatoms. The van der Waals surface area contributed by atoms with Gasteiger partial charge in [0.2, 0.25) is 0 Å². The van der Waals surface area contributed by atoms with Crippen LogP contribution in [0.2, 0.25) is 5.02 Å². The molecule has 1 N–H and O–H groups in total. The maximum Gasteiger partial charge on any atom is 0.434 e. The minimum absolute atomic E-state index is 0.0122. The molecule has 0 saturated carbocycles. The summed E-state index contributed by atoms with van der Waals surface area (Å²) in [5, 5.41) is 13.2. The van der Waals surface area contributed by atoms with Crippen molar-refractivity contribution in [3.05, 3.63) is 82.6 Å². The molecule has 0 amide bonds. The zero-order valence-corrected chi connectivity index (χ0v) is 23.1. The molecule has 2 aromatic heterocycles. The van der Waals surface area contributed by atoms with Gasteiger partial charge in [-0.05, 0) is 60.0 Å². The highest BCUT2D eigenvalue weighted by Gasteiger charge is 2.41. The molecule has 1 aliphatic heterocycles. The topological polar surface area (TPSA) is 80.5 Å². The minimum Gasteiger partial charge on any atom is -0.493 e. The van der Waals surface area contributed by atoms with Gasteiger partial charge in [0, 0.05) is 29.6 Å². The Morgan fingerprint density at radius 2 is 1.79 bits per heavy atom. The third kappa shape index (κ3) is 6.78. The van der Waals surface area contributed by atoms with E-state index < -0.39 is 36.1 Å². The quantitative estimate of drug-likeness (QED) is 0.210. The first-order valence-corrected chi connectivity index (χ1v) is 13.3. The molecule has 2 aromatic carbocycles. The molecule has 1 aliphatic rings. The van der Waals surface area contributed by atoms with Crippen LogP contribution in [0.3, 0.4) is 0 Å². The lowest BCUT2D eigenvalue weighted by atomic mass is 9.96. The average Bonchev–Trinajstić information content (AvgIpc) is 3.37. The molecule has 7 nitrogen and oxygen atoms in total. The van der Waals surface area contributed by atoms with Crippen LogP contribution < -0.4 is 4.74 Å². The molecule has 1 fully saturated rings. The van der Waals surface area contributed by atoms with E-state index in [1.807, 2.05) is 13.0 Å². The number of hydrogen-bond donors (Lipinski definition) is 1. The van der Waals surface area contributed by atoms with Crippen LogP contribution in [0.4, 0.5) is 26.3 Å². The van der Waals surface area contributed by atoms with Crippen molar-refractivity contribution >= 4 is 17.6 Å². The molecular formula is C29H23ClF6N4O3. The molecule has 0 aliphatic carbocycles. The van der Waals surface area contributed by atoms with E-state index in [1.165, 1.54) is 17.0 Å². The highest BCUT2D eigenvalue weighted by atomic mass is 35.5. The van der Waals surface area contributed by atoms with Crippen LogP contribution in [-0.2, 0) is 6.18 Å². The zero-order chi connectivity index (χ0) is 31.1. The molecule has 43 heavy (non-hydrogen) atoms. The number of carboxylic acid groups (broad SMARTS) is 1. The van der Waals surface area contributed by atoms with Gasteiger partial charge in [0.25, 0.3) is 0 Å². The second kappa shape index (κ2) is 11.5. The number of benzene rings is 2. The number of alkyl halides is 6. The van der Waals surface area contributed by atoms with Crippen molar-refractivity contribution < 1.29 is 41.0 Å². The summed E-state index contributed by atoms with van der Waals surface area (Å²) in [7, 11) is 0. The number of rotatable bonds is 8. The Morgan fingerprint density at radius 3 is 2.44 bits per heavy atom. The molecule has 226 valence electrons. The summed E-state index contributed by atoms with van der Waals surface area (Å²) in [5.41, 5.74) is 0.455. The lowest BCUT2D eigenvalue weighted by molar-refractivity contribution is -0.160. The number of halogens is 7. The molecule has 1 saturated heterocycles. The molecule has 4 aromatic rings. The third-order valence-electron chi connectivity index (χ3n) is 6.87. The van der Waals surface area contributed by atoms with E-state index in [2.05, 4.69) is 10.1 Å². The average molecular weight is 625 g/mol. The fourth-order valence-electron chi connectivity index (χ4n) is 4.97. The van der Waals surface area contributed by atoms with Crippen LogP contribution in [0.5, 0.6) is 5.75 Å². The standard InChI is InChI=1S/C29H23ClF6N4O3/c1-16-9-18(5-8-24(16)43-14-17-12-39(13-17)15-28(31,32)33)20-7-6-19(30)10-21(20)23-3-2-4-25(38-23)40-26(29(34,35)36)22(11-37-40)27(41)42/h2-11,17H,12-15H2,1H3,(H,41,42). The highest BCUT2D eigenvalue weighted by Crippen LogP contribution is 2.37. The maximum absolute atomic E-state index is 13.8. The van der Waals surface area contributed by atoms with Gasteiger partial charge in [0.15, 0.2) is 11.5 Å². The van der Waals surface area contributed by atoms with Gasteiger partial charge >= 0.3 is 18.3 Å². The second-order valence-electron chi connectivity index (χ2n) is 10.2. The van der Waals surface area contributed by atoms with Crippen LogP contribution in [0.15, 0.2) is 60.8 Å². The summed E-state index contributed by atoms with van der Waals surface area (Å²) in [6.45, 7) is 1.76. The number of carbonyl (C=O) groups is 1. The summed E-state index contributed by atoms with van der Waals surface area (Å²) in [4.78, 5) is 17.1. The Morgan fingerprint density at radius 1 is 1.05 bits per heavy atom. The zero-order valence-electron chi connectivity index (χ0n) is 22.4. The smallest absolute Gasteiger partial charge is 0.434 e. The first-order valence-electron chi connectivity index (χ1n) is 12.9. The van der Waals surface area contributed by atoms with Crippen molar-refractivity contribution in [2.75, 3.05) is 26.2 Å². The minimum atomic E-state index is -5.01. The summed E-state index contributed by atoms with van der Waals surface area (Å²) in [5.74, 6) is -1.46. The van der Waals surface area contributed by atoms with E-state index in [0.717, 1.165) is 11.1 Å². The summed E-state index contributed by atoms with van der Waals surface area (Å²) in [6, 6.07) is 14.7. The molecule has 0 spiro atoms. The molecule has 0 radical (unpaired) electrons. The van der Waals surface area contributed by atoms with Crippen molar-refractivity contribution in [1.29, 1.82) is 0 Å². The van der Waals surface area contributed by atoms with E-state index in [9.17, 15) is 36.2 Å². The van der Waals surface area contributed by atoms with Crippen molar-refractivity contribution in [2.24, 2.45) is 5.92 Å². The number of nitrogens with zero attached hydrogens (tertiary/aromatic N) is 4. The van der Waals surface area contributed by atoms with Crippen molar-refractivity contribution in [3.63, 3.8) is 0 Å². The Hall–Kier alpha value is -4.10. The van der Waals surface area contributed by atoms with E-state index in [-0.39, 0.29) is 24.0 Å². The summed E-state index contributed by atoms with van der Waals surface area (Å²) < 4.78 is 85.3. The van der Waals surface area contributed by atoms with Crippen molar-refractivity contribution in [3.8, 4) is 34.0 Å². The SMILES string of the molecule is Cc1cc(-c2ccc(Cl)cc2-c2cccc(-n3ncc(C(=O)O)c3C(F)(F)F)n2)ccc1OCC1CN(CC(F)(F)F)C1. The van der Waals surface area contributed by atoms with E-state index in [0.29, 0.717) is 45.9 Å². The van der Waals surface area contributed by atoms with Gasteiger partial charge in [0.1, 0.15) is 11.3 Å². The number of aromatic carboxylic acids is 1. The largest absolute Gasteiger partial charge is 0.493 e. The van der Waals surface area contributed by atoms with E-state index in [4.69, 9.17) is 16.3 Å². The Kier molecular flexibility index (Phi) is 8.14. The molecule has 3 heterocycles. The van der Waals surface area contributed by atoms with Gasteiger partial charge in [-0.15, -0.1) is 0 Å². The van der Waals surface area contributed by atoms with Gasteiger partial charge in [0.05, 0.1) is 25.0 Å². The number of aryl methyl sites for hydroxylation is 1. The normalized spacial score (nSPS) is 14.5. The number of aromatic nitrogens is 3. The Bertz CT molecular complexity index is 1660. The van der Waals surface area contributed by atoms with E-state index in [1.54, 1.807) is 36.4 Å². The second-order valence-corrected chi connectivity index (χ2v) is 10.6. The molecule has 5 rings (SSSR count). The number of pyridine rings is 1. The molecule has 0 unspecified atom stereocenters. The fourth-order valence-corrected chi connectivity index (χ4v) is 5.15. The van der Waals surface area contributed by atoms with Crippen LogP contribution in [0.25, 0.3) is 28.2 Å². The number of ether oxygens (including phenoxy) is 1. The monoisotopic (exact) mass is 624 g/mol. The van der Waals surface area contributed by atoms with Gasteiger partial charge in [-0.25, -0.2) is 14.5 Å². The van der Waals surface area contributed by atoms with Crippen LogP contribution >= 0.6 is 11.6 Å². The van der Waals surface area contributed by atoms with Gasteiger partial charge in [-0.3, -0.25) is 4.90 Å². The first kappa shape index (κ1) is 30.4. The number of carboxylic acids is 1. The van der Waals surface area contributed by atoms with Crippen molar-refractivity contribution in [1.82, 2.24) is 19.7 Å². The molecule has 0 atom stereocenters. The Labute approximate surface area is 246 Å². The van der Waals surface area contributed by atoms with Gasteiger partial charge < -0.3 is 9.84 Å². The molecule has 0 bridgehead atoms. The number of likely N-dealkylation sites (tertiary alicyclic amines) is 1. The van der Waals surface area contributed by atoms with E-state index >= 15 is 0 Å². The predicted octanol–water partition coefficient (Wildman–Crippen LogP) is 7.15. The van der Waals surface area contributed by atoms with Crippen LogP contribution in [0.1, 0.15) is 21.6 Å². The third-order valence-corrected chi connectivity index (χ3v) is 7.11. The Balaban J connectivity index is 1.41. The lowest BCUT2D eigenvalue weighted by Gasteiger charge is -2.39. The summed E-state index contributed by atoms with van der Waals surface area (Å²) in [6.07, 6.45) is -8.61. The van der Waals surface area contributed by atoms with Crippen LogP contribution in [0, 0.1) is 12.8 Å². The predicted molar refractivity (Wildman–Crippen MR) is 145 cm³/mol. The molecular weight excluding hydrogens is 602 g/mol.